The van der Waals surface area contributed by atoms with Crippen LogP contribution in [0.2, 0.25) is 0 Å². The fourth-order valence-corrected chi connectivity index (χ4v) is 2.81. The summed E-state index contributed by atoms with van der Waals surface area (Å²) in [5.41, 5.74) is 5.79. The molecule has 27 heavy (non-hydrogen) atoms. The Bertz CT molecular complexity index is 923. The minimum atomic E-state index is -0.482. The third-order valence-electron chi connectivity index (χ3n) is 4.37. The van der Waals surface area contributed by atoms with E-state index in [0.29, 0.717) is 17.5 Å². The predicted molar refractivity (Wildman–Crippen MR) is 111 cm³/mol. The minimum absolute atomic E-state index is 0. The molecular formula is C17H27Cl2N5O3. The Morgan fingerprint density at radius 2 is 1.89 bits per heavy atom. The maximum absolute atomic E-state index is 12.5. The van der Waals surface area contributed by atoms with E-state index < -0.39 is 11.2 Å². The monoisotopic (exact) mass is 419 g/mol. The van der Waals surface area contributed by atoms with Crippen LogP contribution in [0, 0.1) is 6.92 Å². The molecule has 1 unspecified atom stereocenters. The van der Waals surface area contributed by atoms with Gasteiger partial charge in [0.25, 0.3) is 11.5 Å². The number of nitrogens with one attached hydrogen (secondary N) is 1. The molecule has 152 valence electrons. The van der Waals surface area contributed by atoms with Gasteiger partial charge in [0.2, 0.25) is 0 Å². The molecule has 0 spiro atoms. The van der Waals surface area contributed by atoms with E-state index in [1.165, 1.54) is 18.7 Å². The van der Waals surface area contributed by atoms with Crippen LogP contribution in [0.15, 0.2) is 15.7 Å². The molecule has 2 aromatic rings. The van der Waals surface area contributed by atoms with Gasteiger partial charge in [-0.15, -0.1) is 24.8 Å². The van der Waals surface area contributed by atoms with Crippen molar-refractivity contribution >= 4 is 41.8 Å². The van der Waals surface area contributed by atoms with Crippen molar-refractivity contribution in [1.29, 1.82) is 0 Å². The molecule has 0 bridgehead atoms. The summed E-state index contributed by atoms with van der Waals surface area (Å²) >= 11 is 0. The molecular weight excluding hydrogens is 393 g/mol. The highest BCUT2D eigenvalue weighted by Gasteiger charge is 2.18. The second-order valence-electron chi connectivity index (χ2n) is 6.28. The van der Waals surface area contributed by atoms with Crippen molar-refractivity contribution in [1.82, 2.24) is 19.4 Å². The molecule has 1 atom stereocenters. The van der Waals surface area contributed by atoms with E-state index in [1.54, 1.807) is 13.0 Å². The molecule has 2 aromatic heterocycles. The third-order valence-corrected chi connectivity index (χ3v) is 4.37. The molecule has 0 aromatic carbocycles. The number of pyridine rings is 1. The van der Waals surface area contributed by atoms with Crippen molar-refractivity contribution in [2.75, 3.05) is 6.54 Å². The van der Waals surface area contributed by atoms with Crippen molar-refractivity contribution < 1.29 is 4.79 Å². The average molecular weight is 420 g/mol. The van der Waals surface area contributed by atoms with Gasteiger partial charge in [0.15, 0.2) is 0 Å². The van der Waals surface area contributed by atoms with Crippen LogP contribution in [0.3, 0.4) is 0 Å². The average Bonchev–Trinajstić information content (AvgIpc) is 2.60. The first kappa shape index (κ1) is 25.1. The minimum Gasteiger partial charge on any atom is -0.347 e. The zero-order chi connectivity index (χ0) is 18.7. The molecule has 2 rings (SSSR count). The van der Waals surface area contributed by atoms with Crippen LogP contribution in [0.1, 0.15) is 42.2 Å². The molecule has 1 amide bonds. The Hall–Kier alpha value is -1.90. The number of hydrogen-bond acceptors (Lipinski definition) is 5. The number of nitrogens with zero attached hydrogens (tertiary/aromatic N) is 3. The van der Waals surface area contributed by atoms with E-state index in [1.807, 2.05) is 0 Å². The zero-order valence-corrected chi connectivity index (χ0v) is 17.6. The Morgan fingerprint density at radius 3 is 2.44 bits per heavy atom. The van der Waals surface area contributed by atoms with E-state index in [-0.39, 0.29) is 48.1 Å². The lowest BCUT2D eigenvalue weighted by atomic mass is 10.1. The number of halogens is 2. The first-order valence-electron chi connectivity index (χ1n) is 8.40. The van der Waals surface area contributed by atoms with E-state index in [9.17, 15) is 14.4 Å². The summed E-state index contributed by atoms with van der Waals surface area (Å²) in [6.45, 7) is 4.15. The van der Waals surface area contributed by atoms with E-state index in [4.69, 9.17) is 5.73 Å². The largest absolute Gasteiger partial charge is 0.347 e. The second kappa shape index (κ2) is 10.4. The molecule has 0 aliphatic rings. The first-order valence-corrected chi connectivity index (χ1v) is 8.40. The quantitative estimate of drug-likeness (QED) is 0.725. The van der Waals surface area contributed by atoms with Gasteiger partial charge in [-0.25, -0.2) is 9.78 Å². The smallest absolute Gasteiger partial charge is 0.332 e. The zero-order valence-electron chi connectivity index (χ0n) is 15.9. The lowest BCUT2D eigenvalue weighted by Gasteiger charge is -2.17. The molecule has 0 radical (unpaired) electrons. The Balaban J connectivity index is 0.00000338. The van der Waals surface area contributed by atoms with Gasteiger partial charge < -0.3 is 11.1 Å². The van der Waals surface area contributed by atoms with Gasteiger partial charge in [0.05, 0.1) is 5.39 Å². The van der Waals surface area contributed by atoms with Crippen LogP contribution in [0.25, 0.3) is 11.0 Å². The highest BCUT2D eigenvalue weighted by molar-refractivity contribution is 5.95. The number of carbonyl (C=O) groups is 1. The molecule has 0 aliphatic heterocycles. The number of aryl methyl sites for hydroxylation is 2. The first-order chi connectivity index (χ1) is 11.8. The maximum Gasteiger partial charge on any atom is 0.332 e. The number of amides is 1. The second-order valence-corrected chi connectivity index (χ2v) is 6.28. The number of carbonyl (C=O) groups excluding carboxylic acids is 1. The van der Waals surface area contributed by atoms with Gasteiger partial charge >= 0.3 is 5.69 Å². The van der Waals surface area contributed by atoms with Crippen LogP contribution in [-0.2, 0) is 14.1 Å². The Kier molecular flexibility index (Phi) is 9.70. The molecule has 10 heteroatoms. The summed E-state index contributed by atoms with van der Waals surface area (Å²) < 4.78 is 2.31. The normalized spacial score (nSPS) is 11.4. The Morgan fingerprint density at radius 1 is 1.26 bits per heavy atom. The molecule has 0 saturated heterocycles. The number of unbranched alkanes of at least 4 members (excludes halogenated alkanes) is 1. The number of aromatic nitrogens is 3. The van der Waals surface area contributed by atoms with Crippen molar-refractivity contribution in [2.45, 2.75) is 39.2 Å². The highest BCUT2D eigenvalue weighted by Crippen LogP contribution is 2.13. The van der Waals surface area contributed by atoms with Crippen LogP contribution in [0.4, 0.5) is 0 Å². The van der Waals surface area contributed by atoms with Gasteiger partial charge in [-0.05, 0) is 25.0 Å². The topological polar surface area (TPSA) is 112 Å². The standard InChI is InChI=1S/C17H25N5O3.2ClH/c1-5-6-7-11(9-18)19-15(23)12-8-10(2)13-14(20-12)21(3)17(25)22(4)16(13)24;;/h8,11H,5-7,9,18H2,1-4H3,(H,19,23);2*1H. The highest BCUT2D eigenvalue weighted by atomic mass is 35.5. The van der Waals surface area contributed by atoms with Gasteiger partial charge in [0.1, 0.15) is 11.3 Å². The van der Waals surface area contributed by atoms with Crippen LogP contribution in [-0.4, -0.2) is 32.6 Å². The van der Waals surface area contributed by atoms with E-state index in [2.05, 4.69) is 17.2 Å². The SMILES string of the molecule is CCCCC(CN)NC(=O)c1cc(C)c2c(=O)n(C)c(=O)n(C)c2n1.Cl.Cl. The summed E-state index contributed by atoms with van der Waals surface area (Å²) in [5, 5.41) is 3.21. The van der Waals surface area contributed by atoms with Gasteiger partial charge in [0, 0.05) is 26.7 Å². The Labute approximate surface area is 170 Å². The number of rotatable bonds is 6. The molecule has 2 heterocycles. The van der Waals surface area contributed by atoms with Gasteiger partial charge in [-0.1, -0.05) is 19.8 Å². The number of nitrogens with two attached hydrogens (primary N) is 1. The molecule has 0 saturated carbocycles. The summed E-state index contributed by atoms with van der Waals surface area (Å²) in [4.78, 5) is 41.2. The van der Waals surface area contributed by atoms with E-state index >= 15 is 0 Å². The summed E-state index contributed by atoms with van der Waals surface area (Å²) in [5.74, 6) is -0.357. The summed E-state index contributed by atoms with van der Waals surface area (Å²) in [7, 11) is 2.95. The molecule has 0 aliphatic carbocycles. The molecule has 0 fully saturated rings. The van der Waals surface area contributed by atoms with Crippen molar-refractivity contribution in [2.24, 2.45) is 19.8 Å². The van der Waals surface area contributed by atoms with Crippen molar-refractivity contribution in [3.63, 3.8) is 0 Å². The number of fused-ring (bicyclic) bond motifs is 1. The van der Waals surface area contributed by atoms with E-state index in [0.717, 1.165) is 23.8 Å². The third kappa shape index (κ3) is 5.09. The number of hydrogen-bond donors (Lipinski definition) is 2. The predicted octanol–water partition coefficient (Wildman–Crippen LogP) is 1.03. The molecule has 8 nitrogen and oxygen atoms in total. The summed E-state index contributed by atoms with van der Waals surface area (Å²) in [6.07, 6.45) is 2.78. The van der Waals surface area contributed by atoms with Crippen molar-refractivity contribution in [3.05, 3.63) is 38.2 Å². The summed E-state index contributed by atoms with van der Waals surface area (Å²) in [6, 6.07) is 1.44. The van der Waals surface area contributed by atoms with Crippen molar-refractivity contribution in [3.8, 4) is 0 Å². The lowest BCUT2D eigenvalue weighted by molar-refractivity contribution is 0.0931. The fraction of sp³-hybridized carbons (Fsp3) is 0.529. The van der Waals surface area contributed by atoms with Gasteiger partial charge in [-0.2, -0.15) is 0 Å². The van der Waals surface area contributed by atoms with Crippen LogP contribution in [0.5, 0.6) is 0 Å². The lowest BCUT2D eigenvalue weighted by Crippen LogP contribution is -2.41. The van der Waals surface area contributed by atoms with Crippen LogP contribution < -0.4 is 22.3 Å². The van der Waals surface area contributed by atoms with Gasteiger partial charge in [-0.3, -0.25) is 18.7 Å². The van der Waals surface area contributed by atoms with Crippen LogP contribution >= 0.6 is 24.8 Å². The maximum atomic E-state index is 12.5. The fourth-order valence-electron chi connectivity index (χ4n) is 2.81. The molecule has 3 N–H and O–H groups in total.